The Morgan fingerprint density at radius 1 is 1.15 bits per heavy atom. The van der Waals surface area contributed by atoms with Crippen LogP contribution in [0.15, 0.2) is 63.7 Å². The number of carbonyl (C=O) groups excluding carboxylic acids is 1. The van der Waals surface area contributed by atoms with E-state index in [1.54, 1.807) is 6.33 Å². The molecule has 1 amide bonds. The highest BCUT2D eigenvalue weighted by Gasteiger charge is 2.11. The molecule has 0 aliphatic carbocycles. The normalized spacial score (nSPS) is 11.0. The number of anilines is 1. The number of hydrogen-bond donors (Lipinski definition) is 1. The van der Waals surface area contributed by atoms with Crippen molar-refractivity contribution in [1.29, 1.82) is 0 Å². The Morgan fingerprint density at radius 3 is 2.73 bits per heavy atom. The number of fused-ring (bicyclic) bond motifs is 1. The standard InChI is InChI=1S/C20H16BrN3O2/c1-12-3-6-20(26-12)14-7-16(23-13(2)25)10-17(8-14)24-11-22-18-9-15(21)4-5-19(18)24/h3-11H,1-2H3,(H,23,25). The fourth-order valence-electron chi connectivity index (χ4n) is 2.95. The lowest BCUT2D eigenvalue weighted by molar-refractivity contribution is -0.114. The molecule has 0 radical (unpaired) electrons. The summed E-state index contributed by atoms with van der Waals surface area (Å²) < 4.78 is 8.73. The number of aromatic nitrogens is 2. The maximum Gasteiger partial charge on any atom is 0.221 e. The molecule has 6 heteroatoms. The van der Waals surface area contributed by atoms with Gasteiger partial charge < -0.3 is 9.73 Å². The molecule has 0 atom stereocenters. The van der Waals surface area contributed by atoms with Crippen LogP contribution in [-0.2, 0) is 4.79 Å². The van der Waals surface area contributed by atoms with Gasteiger partial charge in [0.05, 0.1) is 11.0 Å². The summed E-state index contributed by atoms with van der Waals surface area (Å²) in [5.41, 5.74) is 4.36. The summed E-state index contributed by atoms with van der Waals surface area (Å²) in [5.74, 6) is 1.47. The minimum atomic E-state index is -0.122. The molecular weight excluding hydrogens is 394 g/mol. The van der Waals surface area contributed by atoms with E-state index in [-0.39, 0.29) is 5.91 Å². The quantitative estimate of drug-likeness (QED) is 0.498. The van der Waals surface area contributed by atoms with Gasteiger partial charge in [0.1, 0.15) is 17.8 Å². The first-order valence-corrected chi connectivity index (χ1v) is 8.91. The molecule has 0 unspecified atom stereocenters. The number of furan rings is 1. The van der Waals surface area contributed by atoms with Crippen molar-refractivity contribution in [1.82, 2.24) is 9.55 Å². The van der Waals surface area contributed by atoms with Crippen LogP contribution in [0.5, 0.6) is 0 Å². The van der Waals surface area contributed by atoms with Crippen molar-refractivity contribution in [3.05, 3.63) is 65.1 Å². The van der Waals surface area contributed by atoms with Crippen molar-refractivity contribution >= 4 is 38.6 Å². The Morgan fingerprint density at radius 2 is 2.00 bits per heavy atom. The highest BCUT2D eigenvalue weighted by atomic mass is 79.9. The van der Waals surface area contributed by atoms with Gasteiger partial charge in [0.2, 0.25) is 5.91 Å². The van der Waals surface area contributed by atoms with Gasteiger partial charge in [0, 0.05) is 28.3 Å². The first-order valence-electron chi connectivity index (χ1n) is 8.12. The van der Waals surface area contributed by atoms with Crippen molar-refractivity contribution in [2.45, 2.75) is 13.8 Å². The van der Waals surface area contributed by atoms with Gasteiger partial charge in [-0.1, -0.05) is 15.9 Å². The van der Waals surface area contributed by atoms with Gasteiger partial charge in [0.25, 0.3) is 0 Å². The van der Waals surface area contributed by atoms with E-state index in [0.717, 1.165) is 38.3 Å². The second-order valence-electron chi connectivity index (χ2n) is 6.11. The first-order chi connectivity index (χ1) is 12.5. The SMILES string of the molecule is CC(=O)Nc1cc(-c2ccc(C)o2)cc(-n2cnc3cc(Br)ccc32)c1. The fraction of sp³-hybridized carbons (Fsp3) is 0.100. The molecule has 0 bridgehead atoms. The van der Waals surface area contributed by atoms with E-state index in [4.69, 9.17) is 4.42 Å². The zero-order valence-corrected chi connectivity index (χ0v) is 15.9. The number of imidazole rings is 1. The number of amides is 1. The van der Waals surface area contributed by atoms with Crippen LogP contribution in [-0.4, -0.2) is 15.5 Å². The van der Waals surface area contributed by atoms with E-state index in [2.05, 4.69) is 26.2 Å². The van der Waals surface area contributed by atoms with Crippen LogP contribution in [0.1, 0.15) is 12.7 Å². The second kappa shape index (κ2) is 6.46. The topological polar surface area (TPSA) is 60.1 Å². The highest BCUT2D eigenvalue weighted by Crippen LogP contribution is 2.30. The van der Waals surface area contributed by atoms with Crippen LogP contribution in [0.3, 0.4) is 0 Å². The number of nitrogens with zero attached hydrogens (tertiary/aromatic N) is 2. The van der Waals surface area contributed by atoms with E-state index in [1.807, 2.05) is 60.0 Å². The molecular formula is C20H16BrN3O2. The number of halogens is 1. The molecule has 0 spiro atoms. The first kappa shape index (κ1) is 16.6. The number of hydrogen-bond acceptors (Lipinski definition) is 3. The van der Waals surface area contributed by atoms with E-state index in [0.29, 0.717) is 5.69 Å². The molecule has 0 aliphatic heterocycles. The lowest BCUT2D eigenvalue weighted by Crippen LogP contribution is -2.06. The molecule has 0 aliphatic rings. The Kier molecular flexibility index (Phi) is 4.12. The molecule has 0 saturated heterocycles. The summed E-state index contributed by atoms with van der Waals surface area (Å²) >= 11 is 3.47. The van der Waals surface area contributed by atoms with Gasteiger partial charge in [-0.05, 0) is 55.5 Å². The van der Waals surface area contributed by atoms with Crippen molar-refractivity contribution in [2.24, 2.45) is 0 Å². The number of aryl methyl sites for hydroxylation is 1. The lowest BCUT2D eigenvalue weighted by atomic mass is 10.1. The van der Waals surface area contributed by atoms with Crippen molar-refractivity contribution < 1.29 is 9.21 Å². The van der Waals surface area contributed by atoms with Crippen molar-refractivity contribution in [3.8, 4) is 17.0 Å². The van der Waals surface area contributed by atoms with Crippen LogP contribution in [0.2, 0.25) is 0 Å². The monoisotopic (exact) mass is 409 g/mol. The summed E-state index contributed by atoms with van der Waals surface area (Å²) in [4.78, 5) is 16.0. The molecule has 130 valence electrons. The summed E-state index contributed by atoms with van der Waals surface area (Å²) in [5, 5.41) is 2.86. The van der Waals surface area contributed by atoms with Gasteiger partial charge in [-0.15, -0.1) is 0 Å². The van der Waals surface area contributed by atoms with E-state index in [1.165, 1.54) is 6.92 Å². The largest absolute Gasteiger partial charge is 0.461 e. The Bertz CT molecular complexity index is 1130. The third-order valence-electron chi connectivity index (χ3n) is 4.05. The third kappa shape index (κ3) is 3.15. The van der Waals surface area contributed by atoms with Gasteiger partial charge in [0.15, 0.2) is 0 Å². The van der Waals surface area contributed by atoms with Gasteiger partial charge in [-0.2, -0.15) is 0 Å². The van der Waals surface area contributed by atoms with Crippen molar-refractivity contribution in [3.63, 3.8) is 0 Å². The summed E-state index contributed by atoms with van der Waals surface area (Å²) in [6.07, 6.45) is 1.78. The molecule has 5 nitrogen and oxygen atoms in total. The Balaban J connectivity index is 1.90. The Hall–Kier alpha value is -2.86. The van der Waals surface area contributed by atoms with Crippen molar-refractivity contribution in [2.75, 3.05) is 5.32 Å². The number of rotatable bonds is 3. The highest BCUT2D eigenvalue weighted by molar-refractivity contribution is 9.10. The van der Waals surface area contributed by atoms with Crippen LogP contribution in [0.4, 0.5) is 5.69 Å². The minimum absolute atomic E-state index is 0.122. The van der Waals surface area contributed by atoms with Crippen LogP contribution >= 0.6 is 15.9 Å². The predicted octanol–water partition coefficient (Wildman–Crippen LogP) is 5.31. The summed E-state index contributed by atoms with van der Waals surface area (Å²) in [7, 11) is 0. The van der Waals surface area contributed by atoms with Gasteiger partial charge in [-0.25, -0.2) is 4.98 Å². The zero-order valence-electron chi connectivity index (χ0n) is 14.3. The molecule has 26 heavy (non-hydrogen) atoms. The smallest absolute Gasteiger partial charge is 0.221 e. The van der Waals surface area contributed by atoms with E-state index < -0.39 is 0 Å². The van der Waals surface area contributed by atoms with Crippen LogP contribution < -0.4 is 5.32 Å². The molecule has 1 N–H and O–H groups in total. The molecule has 2 heterocycles. The molecule has 4 rings (SSSR count). The molecule has 2 aromatic carbocycles. The zero-order chi connectivity index (χ0) is 18.3. The van der Waals surface area contributed by atoms with E-state index >= 15 is 0 Å². The van der Waals surface area contributed by atoms with Crippen LogP contribution in [0.25, 0.3) is 28.0 Å². The Labute approximate surface area is 158 Å². The average molecular weight is 410 g/mol. The maximum atomic E-state index is 11.6. The average Bonchev–Trinajstić information content (AvgIpc) is 3.19. The third-order valence-corrected chi connectivity index (χ3v) is 4.54. The van der Waals surface area contributed by atoms with Gasteiger partial charge >= 0.3 is 0 Å². The fourth-order valence-corrected chi connectivity index (χ4v) is 3.30. The maximum absolute atomic E-state index is 11.6. The minimum Gasteiger partial charge on any atom is -0.461 e. The van der Waals surface area contributed by atoms with Crippen LogP contribution in [0, 0.1) is 6.92 Å². The number of nitrogens with one attached hydrogen (secondary N) is 1. The molecule has 4 aromatic rings. The number of carbonyl (C=O) groups is 1. The molecule has 0 saturated carbocycles. The van der Waals surface area contributed by atoms with E-state index in [9.17, 15) is 4.79 Å². The predicted molar refractivity (Wildman–Crippen MR) is 106 cm³/mol. The molecule has 2 aromatic heterocycles. The lowest BCUT2D eigenvalue weighted by Gasteiger charge is -2.11. The molecule has 0 fully saturated rings. The summed E-state index contributed by atoms with van der Waals surface area (Å²) in [6.45, 7) is 3.40. The number of benzene rings is 2. The van der Waals surface area contributed by atoms with Gasteiger partial charge in [-0.3, -0.25) is 9.36 Å². The summed E-state index contributed by atoms with van der Waals surface area (Å²) in [6, 6.07) is 15.7. The second-order valence-corrected chi connectivity index (χ2v) is 7.02.